The summed E-state index contributed by atoms with van der Waals surface area (Å²) in [4.78, 5) is 12.9. The summed E-state index contributed by atoms with van der Waals surface area (Å²) in [5, 5.41) is 21.3. The molecule has 0 heterocycles. The van der Waals surface area contributed by atoms with Gasteiger partial charge in [0.1, 0.15) is 11.4 Å². The van der Waals surface area contributed by atoms with Crippen LogP contribution in [-0.2, 0) is 11.0 Å². The highest BCUT2D eigenvalue weighted by molar-refractivity contribution is 7.99. The van der Waals surface area contributed by atoms with Crippen LogP contribution >= 0.6 is 11.8 Å². The lowest BCUT2D eigenvalue weighted by atomic mass is 10.1. The Labute approximate surface area is 156 Å². The molecule has 0 saturated heterocycles. The van der Waals surface area contributed by atoms with E-state index in [4.69, 9.17) is 5.26 Å². The molecule has 0 unspecified atom stereocenters. The van der Waals surface area contributed by atoms with Crippen LogP contribution in [0.2, 0.25) is 0 Å². The third-order valence-electron chi connectivity index (χ3n) is 3.53. The van der Waals surface area contributed by atoms with E-state index in [9.17, 15) is 27.5 Å². The first kappa shape index (κ1) is 20.7. The van der Waals surface area contributed by atoms with E-state index in [1.165, 1.54) is 37.3 Å². The predicted octanol–water partition coefficient (Wildman–Crippen LogP) is 4.20. The number of nitrogens with zero attached hydrogens (tertiary/aromatic N) is 1. The molecular formula is C18H14F4N2O2S. The van der Waals surface area contributed by atoms with Gasteiger partial charge in [-0.25, -0.2) is 4.39 Å². The lowest BCUT2D eigenvalue weighted by molar-refractivity contribution is -0.137. The summed E-state index contributed by atoms with van der Waals surface area (Å²) in [6, 6.07) is 9.58. The molecule has 9 heteroatoms. The average molecular weight is 398 g/mol. The monoisotopic (exact) mass is 398 g/mol. The molecular weight excluding hydrogens is 384 g/mol. The molecule has 142 valence electrons. The molecule has 0 aliphatic carbocycles. The maximum atomic E-state index is 13.0. The summed E-state index contributed by atoms with van der Waals surface area (Å²) in [5.41, 5.74) is -3.84. The number of nitrogens with one attached hydrogen (secondary N) is 1. The lowest BCUT2D eigenvalue weighted by Gasteiger charge is -2.22. The van der Waals surface area contributed by atoms with Crippen molar-refractivity contribution in [3.05, 3.63) is 59.4 Å². The molecule has 0 aliphatic heterocycles. The highest BCUT2D eigenvalue weighted by Gasteiger charge is 2.35. The average Bonchev–Trinajstić information content (AvgIpc) is 2.60. The van der Waals surface area contributed by atoms with Gasteiger partial charge in [0, 0.05) is 16.3 Å². The number of benzene rings is 2. The van der Waals surface area contributed by atoms with Crippen molar-refractivity contribution < 1.29 is 27.5 Å². The summed E-state index contributed by atoms with van der Waals surface area (Å²) in [7, 11) is 0. The second-order valence-corrected chi connectivity index (χ2v) is 6.89. The highest BCUT2D eigenvalue weighted by atomic mass is 32.2. The van der Waals surface area contributed by atoms with Gasteiger partial charge in [-0.1, -0.05) is 0 Å². The zero-order chi connectivity index (χ0) is 20.2. The van der Waals surface area contributed by atoms with Crippen LogP contribution in [-0.4, -0.2) is 22.4 Å². The van der Waals surface area contributed by atoms with Crippen LogP contribution in [0.5, 0.6) is 0 Å². The SMILES string of the molecule is C[C@](O)(CSc1ccc(F)cc1)C(=O)Nc1ccc(C#N)c(C(F)(F)F)c1. The number of thioether (sulfide) groups is 1. The first-order valence-electron chi connectivity index (χ1n) is 7.56. The summed E-state index contributed by atoms with van der Waals surface area (Å²) in [6.07, 6.45) is -4.76. The Morgan fingerprint density at radius 3 is 2.41 bits per heavy atom. The van der Waals surface area contributed by atoms with E-state index in [0.717, 1.165) is 23.9 Å². The minimum atomic E-state index is -4.76. The fourth-order valence-electron chi connectivity index (χ4n) is 2.04. The van der Waals surface area contributed by atoms with Crippen molar-refractivity contribution in [3.63, 3.8) is 0 Å². The molecule has 27 heavy (non-hydrogen) atoms. The number of amides is 1. The number of carbonyl (C=O) groups is 1. The first-order valence-corrected chi connectivity index (χ1v) is 8.55. The van der Waals surface area contributed by atoms with Gasteiger partial charge in [0.15, 0.2) is 0 Å². The molecule has 4 nitrogen and oxygen atoms in total. The van der Waals surface area contributed by atoms with Gasteiger partial charge in [-0.2, -0.15) is 18.4 Å². The molecule has 0 saturated carbocycles. The molecule has 2 N–H and O–H groups in total. The number of hydrogen-bond donors (Lipinski definition) is 2. The van der Waals surface area contributed by atoms with Gasteiger partial charge >= 0.3 is 6.18 Å². The van der Waals surface area contributed by atoms with Crippen LogP contribution in [0.3, 0.4) is 0 Å². The van der Waals surface area contributed by atoms with Gasteiger partial charge in [0.25, 0.3) is 5.91 Å². The van der Waals surface area contributed by atoms with Gasteiger partial charge in [-0.3, -0.25) is 4.79 Å². The second kappa shape index (κ2) is 7.98. The van der Waals surface area contributed by atoms with Gasteiger partial charge < -0.3 is 10.4 Å². The van der Waals surface area contributed by atoms with E-state index in [-0.39, 0.29) is 11.4 Å². The third-order valence-corrected chi connectivity index (χ3v) is 4.84. The zero-order valence-electron chi connectivity index (χ0n) is 14.0. The number of aliphatic hydroxyl groups is 1. The molecule has 2 aromatic carbocycles. The van der Waals surface area contributed by atoms with Crippen LogP contribution in [0.4, 0.5) is 23.2 Å². The predicted molar refractivity (Wildman–Crippen MR) is 92.5 cm³/mol. The summed E-state index contributed by atoms with van der Waals surface area (Å²) >= 11 is 1.09. The fourth-order valence-corrected chi connectivity index (χ4v) is 2.95. The van der Waals surface area contributed by atoms with Gasteiger partial charge in [0.05, 0.1) is 17.2 Å². The molecule has 0 aromatic heterocycles. The number of anilines is 1. The molecule has 1 amide bonds. The normalized spacial score (nSPS) is 13.5. The van der Waals surface area contributed by atoms with Crippen LogP contribution < -0.4 is 5.32 Å². The Hall–Kier alpha value is -2.57. The maximum absolute atomic E-state index is 13.0. The maximum Gasteiger partial charge on any atom is 0.417 e. The van der Waals surface area contributed by atoms with E-state index >= 15 is 0 Å². The molecule has 1 atom stereocenters. The van der Waals surface area contributed by atoms with Crippen LogP contribution in [0.1, 0.15) is 18.1 Å². The smallest absolute Gasteiger partial charge is 0.379 e. The van der Waals surface area contributed by atoms with Crippen LogP contribution in [0, 0.1) is 17.1 Å². The van der Waals surface area contributed by atoms with E-state index in [1.54, 1.807) is 0 Å². The largest absolute Gasteiger partial charge is 0.417 e. The Bertz CT molecular complexity index is 874. The van der Waals surface area contributed by atoms with E-state index in [0.29, 0.717) is 11.0 Å². The second-order valence-electron chi connectivity index (χ2n) is 5.84. The molecule has 0 aliphatic rings. The number of nitriles is 1. The summed E-state index contributed by atoms with van der Waals surface area (Å²) < 4.78 is 51.8. The zero-order valence-corrected chi connectivity index (χ0v) is 14.8. The van der Waals surface area contributed by atoms with E-state index in [1.807, 2.05) is 0 Å². The first-order chi connectivity index (χ1) is 12.5. The molecule has 2 rings (SSSR count). The lowest BCUT2D eigenvalue weighted by Crippen LogP contribution is -2.42. The van der Waals surface area contributed by atoms with Crippen molar-refractivity contribution in [1.29, 1.82) is 5.26 Å². The Morgan fingerprint density at radius 1 is 1.22 bits per heavy atom. The van der Waals surface area contributed by atoms with E-state index < -0.39 is 34.6 Å². The van der Waals surface area contributed by atoms with Gasteiger partial charge in [0.2, 0.25) is 0 Å². The number of alkyl halides is 3. The van der Waals surface area contributed by atoms with Crippen molar-refractivity contribution in [3.8, 4) is 6.07 Å². The number of halogens is 4. The number of hydrogen-bond acceptors (Lipinski definition) is 4. The summed E-state index contributed by atoms with van der Waals surface area (Å²) in [6.45, 7) is 1.22. The molecule has 0 spiro atoms. The number of carbonyl (C=O) groups excluding carboxylic acids is 1. The highest BCUT2D eigenvalue weighted by Crippen LogP contribution is 2.34. The van der Waals surface area contributed by atoms with Crippen LogP contribution in [0.15, 0.2) is 47.4 Å². The van der Waals surface area contributed by atoms with Crippen molar-refractivity contribution in [1.82, 2.24) is 0 Å². The minimum Gasteiger partial charge on any atom is -0.379 e. The Morgan fingerprint density at radius 2 is 1.85 bits per heavy atom. The quantitative estimate of drug-likeness (QED) is 0.585. The van der Waals surface area contributed by atoms with Crippen molar-refractivity contribution in [2.24, 2.45) is 0 Å². The number of rotatable bonds is 5. The fraction of sp³-hybridized carbons (Fsp3) is 0.222. The Balaban J connectivity index is 2.11. The topological polar surface area (TPSA) is 73.1 Å². The molecule has 0 radical (unpaired) electrons. The van der Waals surface area contributed by atoms with Crippen molar-refractivity contribution >= 4 is 23.4 Å². The molecule has 0 bridgehead atoms. The standard InChI is InChI=1S/C18H14F4N2O2S/c1-17(26,10-27-14-6-3-12(19)4-7-14)16(25)24-13-5-2-11(9-23)15(8-13)18(20,21)22/h2-8,26H,10H2,1H3,(H,24,25)/t17-/m0/s1. The molecule has 2 aromatic rings. The third kappa shape index (κ3) is 5.45. The van der Waals surface area contributed by atoms with Gasteiger partial charge in [-0.15, -0.1) is 11.8 Å². The van der Waals surface area contributed by atoms with Gasteiger partial charge in [-0.05, 0) is 49.4 Å². The van der Waals surface area contributed by atoms with Crippen molar-refractivity contribution in [2.75, 3.05) is 11.1 Å². The van der Waals surface area contributed by atoms with Crippen LogP contribution in [0.25, 0.3) is 0 Å². The van der Waals surface area contributed by atoms with E-state index in [2.05, 4.69) is 5.32 Å². The van der Waals surface area contributed by atoms with Crippen molar-refractivity contribution in [2.45, 2.75) is 23.6 Å². The molecule has 0 fully saturated rings. The minimum absolute atomic E-state index is 0.104. The summed E-state index contributed by atoms with van der Waals surface area (Å²) in [5.74, 6) is -1.44. The Kier molecular flexibility index (Phi) is 6.13.